The highest BCUT2D eigenvalue weighted by Gasteiger charge is 2.25. The number of aryl methyl sites for hydroxylation is 1. The van der Waals surface area contributed by atoms with Gasteiger partial charge in [0.2, 0.25) is 5.88 Å². The first kappa shape index (κ1) is 31.0. The number of hydrogen-bond donors (Lipinski definition) is 1. The maximum atomic E-state index is 15.0. The quantitative estimate of drug-likeness (QED) is 0.287. The van der Waals surface area contributed by atoms with E-state index in [4.69, 9.17) is 14.2 Å². The first-order valence-electron chi connectivity index (χ1n) is 15.4. The maximum Gasteiger partial charge on any atom is 0.306 e. The molecule has 6 rings (SSSR count). The van der Waals surface area contributed by atoms with Crippen LogP contribution in [0.3, 0.4) is 0 Å². The van der Waals surface area contributed by atoms with Gasteiger partial charge in [0, 0.05) is 38.4 Å². The SMILES string of the molecule is C1CC1.COc1cc(-c2ccc(C3CCc4ccc(CC(C)C(=O)O)cc4O3)cc2CN2CCC(OC)CC2)c(F)cn1. The number of benzene rings is 2. The zero-order valence-corrected chi connectivity index (χ0v) is 25.5. The molecule has 2 atom stereocenters. The van der Waals surface area contributed by atoms with Crippen LogP contribution in [-0.2, 0) is 28.9 Å². The normalized spacial score (nSPS) is 18.9. The summed E-state index contributed by atoms with van der Waals surface area (Å²) >= 11 is 0. The summed E-state index contributed by atoms with van der Waals surface area (Å²) < 4.78 is 32.4. The predicted molar refractivity (Wildman–Crippen MR) is 164 cm³/mol. The smallest absolute Gasteiger partial charge is 0.306 e. The van der Waals surface area contributed by atoms with E-state index in [2.05, 4.69) is 16.0 Å². The Morgan fingerprint density at radius 2 is 1.84 bits per heavy atom. The van der Waals surface area contributed by atoms with E-state index in [-0.39, 0.29) is 18.0 Å². The number of pyridine rings is 1. The lowest BCUT2D eigenvalue weighted by atomic mass is 9.91. The van der Waals surface area contributed by atoms with Gasteiger partial charge >= 0.3 is 5.97 Å². The van der Waals surface area contributed by atoms with E-state index >= 15 is 4.39 Å². The molecule has 8 heteroatoms. The number of ether oxygens (including phenoxy) is 3. The Bertz CT molecular complexity index is 1400. The second-order valence-electron chi connectivity index (χ2n) is 11.9. The summed E-state index contributed by atoms with van der Waals surface area (Å²) in [5, 5.41) is 9.32. The van der Waals surface area contributed by atoms with Crippen molar-refractivity contribution in [3.63, 3.8) is 0 Å². The lowest BCUT2D eigenvalue weighted by molar-refractivity contribution is -0.141. The van der Waals surface area contributed by atoms with Crippen LogP contribution in [0.25, 0.3) is 11.1 Å². The molecule has 1 aromatic heterocycles. The molecule has 2 fully saturated rings. The number of likely N-dealkylation sites (tertiary alicyclic amines) is 1. The number of nitrogens with zero attached hydrogens (tertiary/aromatic N) is 2. The summed E-state index contributed by atoms with van der Waals surface area (Å²) in [6, 6.07) is 13.8. The Balaban J connectivity index is 0.00000115. The van der Waals surface area contributed by atoms with Gasteiger partial charge in [-0.15, -0.1) is 0 Å². The second-order valence-corrected chi connectivity index (χ2v) is 11.9. The minimum absolute atomic E-state index is 0.150. The van der Waals surface area contributed by atoms with Crippen molar-refractivity contribution in [2.75, 3.05) is 27.3 Å². The number of piperidine rings is 1. The van der Waals surface area contributed by atoms with Crippen LogP contribution in [0, 0.1) is 11.7 Å². The van der Waals surface area contributed by atoms with Crippen LogP contribution in [0.2, 0.25) is 0 Å². The van der Waals surface area contributed by atoms with E-state index < -0.39 is 11.9 Å². The van der Waals surface area contributed by atoms with Gasteiger partial charge in [0.25, 0.3) is 0 Å². The third kappa shape index (κ3) is 8.12. The average Bonchev–Trinajstić information content (AvgIpc) is 3.91. The van der Waals surface area contributed by atoms with Crippen LogP contribution in [0.4, 0.5) is 4.39 Å². The van der Waals surface area contributed by atoms with Crippen molar-refractivity contribution in [1.29, 1.82) is 0 Å². The average molecular weight is 591 g/mol. The summed E-state index contributed by atoms with van der Waals surface area (Å²) in [4.78, 5) is 17.8. The molecular formula is C35H43FN2O5. The molecule has 2 aliphatic heterocycles. The van der Waals surface area contributed by atoms with E-state index in [1.807, 2.05) is 30.3 Å². The van der Waals surface area contributed by atoms with Gasteiger partial charge in [-0.3, -0.25) is 9.69 Å². The molecule has 3 aromatic rings. The van der Waals surface area contributed by atoms with Crippen molar-refractivity contribution in [3.05, 3.63) is 76.7 Å². The number of hydrogen-bond acceptors (Lipinski definition) is 6. The monoisotopic (exact) mass is 590 g/mol. The summed E-state index contributed by atoms with van der Waals surface area (Å²) in [7, 11) is 3.29. The Morgan fingerprint density at radius 3 is 2.51 bits per heavy atom. The first-order chi connectivity index (χ1) is 20.8. The zero-order valence-electron chi connectivity index (χ0n) is 25.5. The Morgan fingerprint density at radius 1 is 1.07 bits per heavy atom. The van der Waals surface area contributed by atoms with Gasteiger partial charge in [-0.25, -0.2) is 9.37 Å². The molecule has 0 radical (unpaired) electrons. The fourth-order valence-corrected chi connectivity index (χ4v) is 5.71. The van der Waals surface area contributed by atoms with E-state index in [1.54, 1.807) is 20.1 Å². The van der Waals surface area contributed by atoms with E-state index in [1.165, 1.54) is 32.6 Å². The molecule has 43 heavy (non-hydrogen) atoms. The number of rotatable bonds is 9. The predicted octanol–water partition coefficient (Wildman–Crippen LogP) is 7.01. The van der Waals surface area contributed by atoms with Crippen LogP contribution in [0.1, 0.15) is 73.8 Å². The fourth-order valence-electron chi connectivity index (χ4n) is 5.71. The number of carboxylic acids is 1. The number of aliphatic carboxylic acids is 1. The molecule has 0 amide bonds. The van der Waals surface area contributed by atoms with Crippen molar-refractivity contribution >= 4 is 5.97 Å². The largest absolute Gasteiger partial charge is 0.485 e. The fraction of sp³-hybridized carbons (Fsp3) is 0.486. The molecule has 1 saturated carbocycles. The third-order valence-electron chi connectivity index (χ3n) is 8.49. The minimum atomic E-state index is -0.807. The minimum Gasteiger partial charge on any atom is -0.485 e. The van der Waals surface area contributed by atoms with Crippen molar-refractivity contribution in [2.45, 2.75) is 77.0 Å². The van der Waals surface area contributed by atoms with Gasteiger partial charge in [-0.1, -0.05) is 56.5 Å². The second kappa shape index (κ2) is 14.3. The zero-order chi connectivity index (χ0) is 30.3. The van der Waals surface area contributed by atoms with Gasteiger partial charge in [0.1, 0.15) is 17.7 Å². The summed E-state index contributed by atoms with van der Waals surface area (Å²) in [6.07, 6.45) is 9.92. The van der Waals surface area contributed by atoms with Gasteiger partial charge < -0.3 is 19.3 Å². The lowest BCUT2D eigenvalue weighted by Gasteiger charge is -2.32. The maximum absolute atomic E-state index is 15.0. The Labute approximate surface area is 254 Å². The highest BCUT2D eigenvalue weighted by Crippen LogP contribution is 2.38. The lowest BCUT2D eigenvalue weighted by Crippen LogP contribution is -2.36. The van der Waals surface area contributed by atoms with Crippen molar-refractivity contribution in [1.82, 2.24) is 9.88 Å². The topological polar surface area (TPSA) is 81.1 Å². The van der Waals surface area contributed by atoms with Crippen LogP contribution in [0.15, 0.2) is 48.7 Å². The number of carboxylic acid groups (broad SMARTS) is 1. The molecule has 0 spiro atoms. The van der Waals surface area contributed by atoms with Gasteiger partial charge in [-0.05, 0) is 66.0 Å². The van der Waals surface area contributed by atoms with Crippen LogP contribution < -0.4 is 9.47 Å². The number of carbonyl (C=O) groups is 1. The summed E-state index contributed by atoms with van der Waals surface area (Å²) in [6.45, 7) is 4.22. The highest BCUT2D eigenvalue weighted by atomic mass is 19.1. The molecule has 1 aliphatic carbocycles. The number of methoxy groups -OCH3 is 2. The van der Waals surface area contributed by atoms with Gasteiger partial charge in [-0.2, -0.15) is 0 Å². The van der Waals surface area contributed by atoms with Gasteiger partial charge in [0.15, 0.2) is 0 Å². The third-order valence-corrected chi connectivity index (χ3v) is 8.49. The van der Waals surface area contributed by atoms with E-state index in [0.717, 1.165) is 72.3 Å². The first-order valence-corrected chi connectivity index (χ1v) is 15.4. The summed E-state index contributed by atoms with van der Waals surface area (Å²) in [5.41, 5.74) is 5.43. The van der Waals surface area contributed by atoms with Gasteiger partial charge in [0.05, 0.1) is 25.3 Å². The van der Waals surface area contributed by atoms with Crippen LogP contribution >= 0.6 is 0 Å². The van der Waals surface area contributed by atoms with Crippen molar-refractivity contribution in [2.24, 2.45) is 5.92 Å². The molecule has 3 aliphatic rings. The van der Waals surface area contributed by atoms with Crippen LogP contribution in [-0.4, -0.2) is 54.4 Å². The number of fused-ring (bicyclic) bond motifs is 1. The molecular weight excluding hydrogens is 547 g/mol. The van der Waals surface area contributed by atoms with E-state index in [9.17, 15) is 9.90 Å². The molecule has 0 bridgehead atoms. The highest BCUT2D eigenvalue weighted by molar-refractivity contribution is 5.70. The van der Waals surface area contributed by atoms with Crippen LogP contribution in [0.5, 0.6) is 11.6 Å². The number of halogens is 1. The Hall–Kier alpha value is -3.49. The Kier molecular flexibility index (Phi) is 10.3. The van der Waals surface area contributed by atoms with E-state index in [0.29, 0.717) is 24.4 Å². The van der Waals surface area contributed by atoms with Crippen molar-refractivity contribution in [3.8, 4) is 22.8 Å². The number of aromatic nitrogens is 1. The molecule has 1 N–H and O–H groups in total. The van der Waals surface area contributed by atoms with Crippen molar-refractivity contribution < 1.29 is 28.5 Å². The molecule has 2 unspecified atom stereocenters. The molecule has 7 nitrogen and oxygen atoms in total. The molecule has 3 heterocycles. The summed E-state index contributed by atoms with van der Waals surface area (Å²) in [5.74, 6) is -0.484. The molecule has 1 saturated heterocycles. The molecule has 230 valence electrons. The molecule has 2 aromatic carbocycles. The standard InChI is InChI=1S/C32H37FN2O5.C3H6/c1-20(32(36)37)14-21-4-5-22-7-9-29(40-30(22)15-21)23-6-8-26(27-17-31(39-3)34-18-28(27)33)24(16-23)19-35-12-10-25(38-2)11-13-35;1-2-3-1/h4-6,8,15-18,20,25,29H,7,9-14,19H2,1-3H3,(H,36,37);1-3H2.